The van der Waals surface area contributed by atoms with Gasteiger partial charge >= 0.3 is 76.0 Å². The van der Waals surface area contributed by atoms with E-state index in [-0.39, 0.29) is 109 Å². The quantitative estimate of drug-likeness (QED) is 0.120. The second kappa shape index (κ2) is 36.4. The standard InChI is InChI=1S/C40H31FN2.C25H21N5.2C23H21N5.Co.Cu.2Pt/c1-39(2)30-17-11-16-28(22-30)37(26-12-7-5-8-13-26)33-18-21-36(42-33)40(3,4)31-23-29(24-32(41)25-31)38(27-14-9-6-10-15-27)34-19-20-35(39)43-34;1-24(2)20-8-5-16(27-20)12-17-6-9-22(28-17)25(3,4)23-11-15(14-26)19(30-23)13-18-7-10-21(24)29-18;1-22(2)18-8-5-14(25-18)11-15-7-10-20(27-15)23(3,4)21-24-13-17(28-21)12-16-6-9-19(22)26-16;1-22(2)17-8-5-14(25-17)11-15-6-9-19(26-15)23(3,4)20-13-24-21(28-20)12-16-7-10-18(22)27-16;;;;/h5-21,24-25H,1-4H3;5-13H,1-4H3;2*5-13H,1-4H3;;;;/q4*-2;4*+2. The predicted molar refractivity (Wildman–Crippen MR) is 522 cm³/mol. The molecule has 0 amide bonds. The zero-order valence-corrected chi connectivity index (χ0v) is 82.8. The second-order valence-corrected chi connectivity index (χ2v) is 38.0. The fraction of sp³-hybridized carbons (Fsp3) is 0.216. The number of aliphatic imine (C=N–C) groups is 10. The van der Waals surface area contributed by atoms with E-state index in [2.05, 4.69) is 218 Å². The van der Waals surface area contributed by atoms with Gasteiger partial charge in [-0.05, 0) is 85.1 Å². The molecule has 6 aromatic heterocycles. The van der Waals surface area contributed by atoms with Gasteiger partial charge in [-0.3, -0.25) is 30.0 Å². The maximum absolute atomic E-state index is 15.5. The summed E-state index contributed by atoms with van der Waals surface area (Å²) in [6.45, 7) is 33.9. The molecule has 0 atom stereocenters. The summed E-state index contributed by atoms with van der Waals surface area (Å²) in [5, 5.41) is 9.66. The number of nitriles is 1. The van der Waals surface area contributed by atoms with Gasteiger partial charge in [0.05, 0.1) is 57.9 Å². The van der Waals surface area contributed by atoms with Crippen LogP contribution in [0.25, 0.3) is 47.6 Å². The van der Waals surface area contributed by atoms with Gasteiger partial charge < -0.3 is 29.9 Å². The van der Waals surface area contributed by atoms with Crippen LogP contribution < -0.4 is 29.9 Å². The van der Waals surface area contributed by atoms with E-state index < -0.39 is 16.2 Å². The van der Waals surface area contributed by atoms with E-state index in [4.69, 9.17) is 69.8 Å². The van der Waals surface area contributed by atoms with Crippen molar-refractivity contribution in [2.45, 2.75) is 154 Å². The third-order valence-electron chi connectivity index (χ3n) is 26.0. The van der Waals surface area contributed by atoms with Crippen molar-refractivity contribution in [2.24, 2.45) is 49.9 Å². The summed E-state index contributed by atoms with van der Waals surface area (Å²) in [5.41, 5.74) is 27.8. The van der Waals surface area contributed by atoms with Crippen molar-refractivity contribution in [1.82, 2.24) is 29.9 Å². The molecule has 22 heteroatoms. The number of rotatable bonds is 2. The Kier molecular flexibility index (Phi) is 26.0. The molecule has 0 saturated heterocycles. The zero-order chi connectivity index (χ0) is 89.9. The molecule has 17 nitrogen and oxygen atoms in total. The number of hydrogen-bond donors (Lipinski definition) is 0. The van der Waals surface area contributed by atoms with E-state index in [1.807, 2.05) is 182 Å². The topological polar surface area (TPSA) is 232 Å². The third-order valence-corrected chi connectivity index (χ3v) is 26.0. The summed E-state index contributed by atoms with van der Waals surface area (Å²) in [4.78, 5) is 77.1. The van der Waals surface area contributed by atoms with Gasteiger partial charge in [0.2, 0.25) is 0 Å². The van der Waals surface area contributed by atoms with Crippen LogP contribution in [0.15, 0.2) is 332 Å². The number of halogens is 1. The summed E-state index contributed by atoms with van der Waals surface area (Å²) in [6, 6.07) is 63.8. The average molecular weight is 2200 g/mol. The van der Waals surface area contributed by atoms with Gasteiger partial charge in [-0.1, -0.05) is 285 Å². The molecule has 0 aliphatic carbocycles. The molecule has 10 aromatic rings. The maximum Gasteiger partial charge on any atom is 2.00 e. The normalized spacial score (nSPS) is 19.5. The molecule has 32 bridgehead atoms. The summed E-state index contributed by atoms with van der Waals surface area (Å²) < 4.78 is 15.5. The van der Waals surface area contributed by atoms with Gasteiger partial charge in [0.1, 0.15) is 11.9 Å². The molecular formula is C111H94CoCuFN17Pt2. The third kappa shape index (κ3) is 18.3. The molecule has 133 heavy (non-hydrogen) atoms. The van der Waals surface area contributed by atoms with Gasteiger partial charge in [-0.25, -0.2) is 24.4 Å². The molecular weight excluding hydrogens is 2100 g/mol. The minimum atomic E-state index is -0.617. The van der Waals surface area contributed by atoms with Gasteiger partial charge in [-0.15, -0.1) is 133 Å². The summed E-state index contributed by atoms with van der Waals surface area (Å²) in [7, 11) is 0. The van der Waals surface area contributed by atoms with Crippen molar-refractivity contribution < 1.29 is 80.4 Å². The van der Waals surface area contributed by atoms with Crippen molar-refractivity contribution >= 4 is 106 Å². The predicted octanol–water partition coefficient (Wildman–Crippen LogP) is 21.8. The number of nitrogens with zero attached hydrogens (tertiary/aromatic N) is 17. The number of fused-ring (bicyclic) bond motifs is 24. The summed E-state index contributed by atoms with van der Waals surface area (Å²) in [5.74, 6) is 1.12. The molecule has 0 saturated carbocycles. The molecule has 0 spiro atoms. The SMILES string of the molecule is CC1(C)C2=NC(=C(c3ccccc3)c3[c-]c(cc(F)c3)C(C)(C)C3=NC(=C(c4ccccc4)c4[c-]c1ccc4)C=C3)C=C2.CC1(C)C2=NC(=Cc3ccc([n-]3)C(C)(C)C3=NC(=Cc4ccc1[n-]4)C(C#N)=C3)C=C2.CC1(C)C2=NC(=Cc3ccc([n-]3)C(C)(C)C3=NC(=Cc4ccc1[n-]4)C=N3)C=C2.CC1(C)C2=NC(=Cc3ccc([n-]3)C(C)(C)C3=NC(=Cc4ccc1[n-]4)N=C3)C=C2.[Co+2].[Cu+2].[Pt+2].[Pt+2]. The largest absolute Gasteiger partial charge is 2.00 e. The smallest absolute Gasteiger partial charge is 0.660 e. The first-order valence-electron chi connectivity index (χ1n) is 43.5. The van der Waals surface area contributed by atoms with Crippen LogP contribution in [0.5, 0.6) is 0 Å². The number of benzene rings is 4. The van der Waals surface area contributed by atoms with Crippen molar-refractivity contribution in [3.63, 3.8) is 0 Å². The first kappa shape index (κ1) is 95.1. The fourth-order valence-electron chi connectivity index (χ4n) is 17.3. The van der Waals surface area contributed by atoms with Crippen LogP contribution in [0, 0.1) is 29.3 Å². The molecule has 670 valence electrons. The van der Waals surface area contributed by atoms with Gasteiger partial charge in [0.15, 0.2) is 5.82 Å². The first-order chi connectivity index (χ1) is 61.6. The Morgan fingerprint density at radius 3 is 1.16 bits per heavy atom. The number of hydrogen-bond acceptors (Lipinski definition) is 11. The fourth-order valence-corrected chi connectivity index (χ4v) is 17.3. The van der Waals surface area contributed by atoms with Crippen molar-refractivity contribution in [3.05, 3.63) is 402 Å². The van der Waals surface area contributed by atoms with E-state index in [1.165, 1.54) is 0 Å². The second-order valence-electron chi connectivity index (χ2n) is 38.0. The van der Waals surface area contributed by atoms with Gasteiger partial charge in [-0.2, -0.15) is 5.26 Å². The van der Waals surface area contributed by atoms with Crippen LogP contribution in [0.4, 0.5) is 4.39 Å². The Bertz CT molecular complexity index is 6910. The van der Waals surface area contributed by atoms with Crippen LogP contribution in [0.2, 0.25) is 0 Å². The molecule has 0 N–H and O–H groups in total. The number of allylic oxidation sites excluding steroid dienone is 13. The van der Waals surface area contributed by atoms with E-state index in [1.54, 1.807) is 18.3 Å². The Morgan fingerprint density at radius 2 is 0.699 bits per heavy atom. The molecule has 0 fully saturated rings. The molecule has 4 aromatic carbocycles. The molecule has 22 rings (SSSR count). The molecule has 12 aliphatic heterocycles. The van der Waals surface area contributed by atoms with E-state index in [0.29, 0.717) is 22.7 Å². The Morgan fingerprint density at radius 1 is 0.316 bits per heavy atom. The first-order valence-corrected chi connectivity index (χ1v) is 43.5. The minimum Gasteiger partial charge on any atom is -0.660 e. The van der Waals surface area contributed by atoms with Gasteiger partial charge in [0, 0.05) is 89.1 Å². The van der Waals surface area contributed by atoms with E-state index in [9.17, 15) is 5.26 Å². The summed E-state index contributed by atoms with van der Waals surface area (Å²) in [6.07, 6.45) is 37.8. The van der Waals surface area contributed by atoms with Crippen LogP contribution in [0.3, 0.4) is 0 Å². The maximum atomic E-state index is 15.5. The Hall–Kier alpha value is -12.6. The van der Waals surface area contributed by atoms with Crippen molar-refractivity contribution in [3.8, 4) is 6.07 Å². The Balaban J connectivity index is 0.000000136. The molecule has 12 aliphatic rings. The van der Waals surface area contributed by atoms with Crippen LogP contribution in [-0.4, -0.2) is 58.2 Å². The van der Waals surface area contributed by atoms with E-state index >= 15 is 4.39 Å². The van der Waals surface area contributed by atoms with Crippen molar-refractivity contribution in [2.75, 3.05) is 0 Å². The monoisotopic (exact) mass is 2200 g/mol. The van der Waals surface area contributed by atoms with E-state index in [0.717, 1.165) is 187 Å². The van der Waals surface area contributed by atoms with Crippen molar-refractivity contribution in [1.29, 1.82) is 5.26 Å². The molecule has 2 radical (unpaired) electrons. The van der Waals surface area contributed by atoms with Crippen LogP contribution in [-0.2, 0) is 119 Å². The molecule has 18 heterocycles. The minimum absolute atomic E-state index is 0. The van der Waals surface area contributed by atoms with Crippen LogP contribution >= 0.6 is 0 Å². The number of aromatic nitrogens is 6. The zero-order valence-electron chi connectivity index (χ0n) is 76.3. The average Bonchev–Trinajstić information content (AvgIpc) is 1.67. The Labute approximate surface area is 826 Å². The van der Waals surface area contributed by atoms with Crippen LogP contribution in [0.1, 0.15) is 212 Å². The summed E-state index contributed by atoms with van der Waals surface area (Å²) >= 11 is 0. The van der Waals surface area contributed by atoms with Gasteiger partial charge in [0.25, 0.3) is 0 Å². The molecule has 0 unspecified atom stereocenters. The number of amidine groups is 1.